The summed E-state index contributed by atoms with van der Waals surface area (Å²) in [6.45, 7) is 1.65. The molecule has 0 aromatic heterocycles. The van der Waals surface area contributed by atoms with E-state index in [1.807, 2.05) is 7.05 Å². The molecule has 5 nitrogen and oxygen atoms in total. The molecular weight excluding hydrogens is 256 g/mol. The van der Waals surface area contributed by atoms with Crippen LogP contribution >= 0.6 is 0 Å². The largest absolute Gasteiger partial charge is 0.388 e. The van der Waals surface area contributed by atoms with Crippen LogP contribution < -0.4 is 0 Å². The van der Waals surface area contributed by atoms with Gasteiger partial charge in [0.05, 0.1) is 23.3 Å². The number of carbonyl (C=O) groups is 2. The zero-order chi connectivity index (χ0) is 14.3. The highest BCUT2D eigenvalue weighted by Gasteiger charge is 2.41. The monoisotopic (exact) mass is 274 g/mol. The third kappa shape index (κ3) is 2.13. The average Bonchev–Trinajstić information content (AvgIpc) is 2.68. The Kier molecular flexibility index (Phi) is 3.11. The lowest BCUT2D eigenvalue weighted by atomic mass is 9.91. The Morgan fingerprint density at radius 1 is 1.10 bits per heavy atom. The van der Waals surface area contributed by atoms with E-state index in [0.717, 1.165) is 13.1 Å². The van der Waals surface area contributed by atoms with E-state index < -0.39 is 5.60 Å². The number of rotatable bonds is 2. The topological polar surface area (TPSA) is 60.9 Å². The maximum absolute atomic E-state index is 12.3. The Morgan fingerprint density at radius 3 is 2.10 bits per heavy atom. The van der Waals surface area contributed by atoms with E-state index in [1.165, 1.54) is 4.90 Å². The molecule has 1 aromatic carbocycles. The lowest BCUT2D eigenvalue weighted by Gasteiger charge is -2.38. The first kappa shape index (κ1) is 13.3. The van der Waals surface area contributed by atoms with Gasteiger partial charge in [-0.25, -0.2) is 0 Å². The van der Waals surface area contributed by atoms with E-state index in [-0.39, 0.29) is 18.4 Å². The zero-order valence-corrected chi connectivity index (χ0v) is 11.5. The molecule has 0 bridgehead atoms. The number of imide groups is 1. The summed E-state index contributed by atoms with van der Waals surface area (Å²) in [5, 5.41) is 10.6. The number of nitrogens with zero attached hydrogens (tertiary/aromatic N) is 2. The molecule has 2 heterocycles. The van der Waals surface area contributed by atoms with Crippen molar-refractivity contribution in [3.8, 4) is 0 Å². The standard InChI is InChI=1S/C15H18N2O3/c1-16-8-6-15(20,7-9-16)10-17-13(18)11-4-2-3-5-12(11)14(17)19/h2-5,20H,6-10H2,1H3. The number of piperidine rings is 1. The third-order valence-electron chi connectivity index (χ3n) is 4.25. The molecule has 5 heteroatoms. The highest BCUT2D eigenvalue weighted by molar-refractivity contribution is 6.21. The molecule has 106 valence electrons. The predicted octanol–water partition coefficient (Wildman–Crippen LogP) is 0.739. The van der Waals surface area contributed by atoms with E-state index in [0.29, 0.717) is 24.0 Å². The van der Waals surface area contributed by atoms with Crippen molar-refractivity contribution in [2.75, 3.05) is 26.7 Å². The van der Waals surface area contributed by atoms with Gasteiger partial charge in [0.2, 0.25) is 0 Å². The normalized spacial score (nSPS) is 22.2. The van der Waals surface area contributed by atoms with Gasteiger partial charge in [0.25, 0.3) is 11.8 Å². The molecule has 20 heavy (non-hydrogen) atoms. The van der Waals surface area contributed by atoms with Crippen LogP contribution in [0.4, 0.5) is 0 Å². The van der Waals surface area contributed by atoms with Crippen LogP contribution in [0.5, 0.6) is 0 Å². The Hall–Kier alpha value is -1.72. The first-order chi connectivity index (χ1) is 9.50. The minimum atomic E-state index is -0.958. The molecule has 0 atom stereocenters. The van der Waals surface area contributed by atoms with E-state index in [9.17, 15) is 14.7 Å². The molecule has 3 rings (SSSR count). The second kappa shape index (κ2) is 4.68. The molecule has 1 saturated heterocycles. The first-order valence-corrected chi connectivity index (χ1v) is 6.86. The van der Waals surface area contributed by atoms with Gasteiger partial charge in [0, 0.05) is 13.1 Å². The fourth-order valence-electron chi connectivity index (χ4n) is 2.87. The molecular formula is C15H18N2O3. The Morgan fingerprint density at radius 2 is 1.60 bits per heavy atom. The summed E-state index contributed by atoms with van der Waals surface area (Å²) in [5.74, 6) is -0.587. The smallest absolute Gasteiger partial charge is 0.261 e. The fourth-order valence-corrected chi connectivity index (χ4v) is 2.87. The van der Waals surface area contributed by atoms with Gasteiger partial charge in [0.15, 0.2) is 0 Å². The number of aliphatic hydroxyl groups is 1. The van der Waals surface area contributed by atoms with Crippen LogP contribution in [0.15, 0.2) is 24.3 Å². The Balaban J connectivity index is 1.80. The van der Waals surface area contributed by atoms with E-state index in [4.69, 9.17) is 0 Å². The first-order valence-electron chi connectivity index (χ1n) is 6.86. The average molecular weight is 274 g/mol. The number of hydrogen-bond donors (Lipinski definition) is 1. The maximum atomic E-state index is 12.3. The van der Waals surface area contributed by atoms with Gasteiger partial charge < -0.3 is 10.0 Å². The third-order valence-corrected chi connectivity index (χ3v) is 4.25. The van der Waals surface area contributed by atoms with Gasteiger partial charge in [-0.2, -0.15) is 0 Å². The molecule has 1 N–H and O–H groups in total. The molecule has 0 radical (unpaired) electrons. The van der Waals surface area contributed by atoms with Crippen molar-refractivity contribution >= 4 is 11.8 Å². The van der Waals surface area contributed by atoms with Crippen molar-refractivity contribution in [3.05, 3.63) is 35.4 Å². The van der Waals surface area contributed by atoms with E-state index >= 15 is 0 Å². The van der Waals surface area contributed by atoms with Crippen LogP contribution in [-0.2, 0) is 0 Å². The zero-order valence-electron chi connectivity index (χ0n) is 11.5. The van der Waals surface area contributed by atoms with Gasteiger partial charge in [-0.3, -0.25) is 14.5 Å². The van der Waals surface area contributed by atoms with Crippen molar-refractivity contribution in [2.45, 2.75) is 18.4 Å². The SMILES string of the molecule is CN1CCC(O)(CN2C(=O)c3ccccc3C2=O)CC1. The minimum absolute atomic E-state index is 0.0905. The molecule has 1 fully saturated rings. The molecule has 0 unspecified atom stereocenters. The quantitative estimate of drug-likeness (QED) is 0.808. The minimum Gasteiger partial charge on any atom is -0.388 e. The van der Waals surface area contributed by atoms with Gasteiger partial charge in [-0.05, 0) is 32.0 Å². The highest BCUT2D eigenvalue weighted by atomic mass is 16.3. The number of hydrogen-bond acceptors (Lipinski definition) is 4. The summed E-state index contributed by atoms with van der Waals surface area (Å²) in [7, 11) is 2.00. The van der Waals surface area contributed by atoms with E-state index in [1.54, 1.807) is 24.3 Å². The lowest BCUT2D eigenvalue weighted by molar-refractivity contribution is -0.0323. The highest BCUT2D eigenvalue weighted by Crippen LogP contribution is 2.28. The molecule has 0 saturated carbocycles. The second-order valence-corrected chi connectivity index (χ2v) is 5.77. The maximum Gasteiger partial charge on any atom is 0.261 e. The molecule has 2 amide bonds. The molecule has 1 aromatic rings. The molecule has 0 aliphatic carbocycles. The summed E-state index contributed by atoms with van der Waals surface area (Å²) in [6, 6.07) is 6.82. The van der Waals surface area contributed by atoms with Crippen LogP contribution in [0.25, 0.3) is 0 Å². The number of benzene rings is 1. The second-order valence-electron chi connectivity index (χ2n) is 5.77. The van der Waals surface area contributed by atoms with Crippen LogP contribution in [0, 0.1) is 0 Å². The van der Waals surface area contributed by atoms with E-state index in [2.05, 4.69) is 4.90 Å². The summed E-state index contributed by atoms with van der Waals surface area (Å²) < 4.78 is 0. The summed E-state index contributed by atoms with van der Waals surface area (Å²) >= 11 is 0. The van der Waals surface area contributed by atoms with Crippen molar-refractivity contribution in [1.82, 2.24) is 9.80 Å². The van der Waals surface area contributed by atoms with Crippen LogP contribution in [-0.4, -0.2) is 59.0 Å². The van der Waals surface area contributed by atoms with Crippen LogP contribution in [0.3, 0.4) is 0 Å². The fraction of sp³-hybridized carbons (Fsp3) is 0.467. The summed E-state index contributed by atoms with van der Waals surface area (Å²) in [6.07, 6.45) is 1.16. The Bertz CT molecular complexity index is 527. The van der Waals surface area contributed by atoms with Crippen molar-refractivity contribution < 1.29 is 14.7 Å². The van der Waals surface area contributed by atoms with Crippen LogP contribution in [0.1, 0.15) is 33.6 Å². The summed E-state index contributed by atoms with van der Waals surface area (Å²) in [5.41, 5.74) is -0.0806. The number of carbonyl (C=O) groups excluding carboxylic acids is 2. The molecule has 2 aliphatic heterocycles. The predicted molar refractivity (Wildman–Crippen MR) is 73.5 cm³/mol. The number of fused-ring (bicyclic) bond motifs is 1. The molecule has 0 spiro atoms. The van der Waals surface area contributed by atoms with Crippen molar-refractivity contribution in [2.24, 2.45) is 0 Å². The van der Waals surface area contributed by atoms with Crippen LogP contribution in [0.2, 0.25) is 0 Å². The number of amides is 2. The Labute approximate surface area is 117 Å². The van der Waals surface area contributed by atoms with Gasteiger partial charge in [-0.15, -0.1) is 0 Å². The van der Waals surface area contributed by atoms with Gasteiger partial charge in [-0.1, -0.05) is 12.1 Å². The summed E-state index contributed by atoms with van der Waals surface area (Å²) in [4.78, 5) is 27.9. The number of likely N-dealkylation sites (tertiary alicyclic amines) is 1. The molecule has 2 aliphatic rings. The van der Waals surface area contributed by atoms with Crippen molar-refractivity contribution in [1.29, 1.82) is 0 Å². The van der Waals surface area contributed by atoms with Gasteiger partial charge >= 0.3 is 0 Å². The van der Waals surface area contributed by atoms with Crippen molar-refractivity contribution in [3.63, 3.8) is 0 Å². The van der Waals surface area contributed by atoms with Gasteiger partial charge in [0.1, 0.15) is 0 Å². The number of β-amino-alcohol motifs (C(OH)–C–C–N with tert-alkyl or cyclic N) is 1. The lowest BCUT2D eigenvalue weighted by Crippen LogP contribution is -2.51.